The number of thiocarbonyl (C=S) groups is 1. The highest BCUT2D eigenvalue weighted by Gasteiger charge is 2.34. The number of carbonyl (C=O) groups excluding carboxylic acids is 1. The summed E-state index contributed by atoms with van der Waals surface area (Å²) < 4.78 is 6.39. The summed E-state index contributed by atoms with van der Waals surface area (Å²) in [6.07, 6.45) is 1.71. The van der Waals surface area contributed by atoms with Crippen LogP contribution in [0.1, 0.15) is 16.9 Å². The van der Waals surface area contributed by atoms with Crippen LogP contribution in [-0.4, -0.2) is 10.2 Å². The maximum Gasteiger partial charge on any atom is 0.270 e. The molecule has 0 bridgehead atoms. The number of carbonyl (C=O) groups is 1. The van der Waals surface area contributed by atoms with Crippen molar-refractivity contribution in [1.29, 1.82) is 0 Å². The van der Waals surface area contributed by atoms with Gasteiger partial charge in [0.05, 0.1) is 20.6 Å². The molecular weight excluding hydrogens is 445 g/mol. The van der Waals surface area contributed by atoms with Gasteiger partial charge in [0.2, 0.25) is 0 Å². The van der Waals surface area contributed by atoms with E-state index in [0.717, 1.165) is 22.4 Å². The van der Waals surface area contributed by atoms with Crippen LogP contribution < -0.4 is 4.90 Å². The van der Waals surface area contributed by atoms with Crippen LogP contribution in [-0.2, 0) is 4.79 Å². The fraction of sp³-hybridized carbons (Fsp3) is 0.0909. The summed E-state index contributed by atoms with van der Waals surface area (Å²) in [6.45, 7) is 3.99. The van der Waals surface area contributed by atoms with Crippen molar-refractivity contribution in [3.8, 4) is 11.3 Å². The van der Waals surface area contributed by atoms with E-state index in [1.54, 1.807) is 23.1 Å². The van der Waals surface area contributed by atoms with Crippen molar-refractivity contribution in [3.05, 3.63) is 80.4 Å². The molecule has 29 heavy (non-hydrogen) atoms. The van der Waals surface area contributed by atoms with Gasteiger partial charge in [0.1, 0.15) is 11.5 Å². The van der Waals surface area contributed by atoms with Gasteiger partial charge in [0.15, 0.2) is 4.32 Å². The second-order valence-corrected chi connectivity index (χ2v) is 9.13. The van der Waals surface area contributed by atoms with Crippen LogP contribution in [0.15, 0.2) is 57.9 Å². The van der Waals surface area contributed by atoms with E-state index in [2.05, 4.69) is 0 Å². The Morgan fingerprint density at radius 2 is 1.83 bits per heavy atom. The molecule has 0 saturated carbocycles. The first kappa shape index (κ1) is 20.2. The Kier molecular flexibility index (Phi) is 5.58. The number of hydrogen-bond donors (Lipinski definition) is 0. The quantitative estimate of drug-likeness (QED) is 0.304. The van der Waals surface area contributed by atoms with Gasteiger partial charge >= 0.3 is 0 Å². The lowest BCUT2D eigenvalue weighted by atomic mass is 10.1. The van der Waals surface area contributed by atoms with E-state index in [4.69, 9.17) is 39.8 Å². The summed E-state index contributed by atoms with van der Waals surface area (Å²) in [7, 11) is 0. The molecule has 0 atom stereocenters. The van der Waals surface area contributed by atoms with Crippen LogP contribution in [0.4, 0.5) is 5.69 Å². The molecule has 0 radical (unpaired) electrons. The summed E-state index contributed by atoms with van der Waals surface area (Å²) in [4.78, 5) is 15.1. The highest BCUT2D eigenvalue weighted by molar-refractivity contribution is 8.27. The predicted octanol–water partition coefficient (Wildman–Crippen LogP) is 7.28. The average molecular weight is 460 g/mol. The lowest BCUT2D eigenvalue weighted by Gasteiger charge is -2.17. The summed E-state index contributed by atoms with van der Waals surface area (Å²) in [5.41, 5.74) is 3.75. The van der Waals surface area contributed by atoms with Gasteiger partial charge in [-0.1, -0.05) is 64.9 Å². The van der Waals surface area contributed by atoms with Crippen LogP contribution in [0.25, 0.3) is 17.4 Å². The van der Waals surface area contributed by atoms with E-state index in [1.807, 2.05) is 50.2 Å². The van der Waals surface area contributed by atoms with Gasteiger partial charge in [-0.25, -0.2) is 0 Å². The molecule has 0 spiro atoms. The molecular formula is C22H15Cl2NO2S2. The minimum Gasteiger partial charge on any atom is -0.457 e. The van der Waals surface area contributed by atoms with Crippen LogP contribution in [0.5, 0.6) is 0 Å². The van der Waals surface area contributed by atoms with Crippen LogP contribution in [0, 0.1) is 13.8 Å². The number of anilines is 1. The number of thioether (sulfide) groups is 1. The van der Waals surface area contributed by atoms with Crippen molar-refractivity contribution in [2.24, 2.45) is 0 Å². The standard InChI is InChI=1S/C22H15Cl2NO2S2/c1-12-3-7-18(13(2)9-12)25-21(26)20(29-22(25)28)11-15-5-8-19(27-15)14-4-6-16(23)17(24)10-14/h3-11H,1-2H3/b20-11+. The first-order chi connectivity index (χ1) is 13.8. The molecule has 1 aliphatic heterocycles. The molecule has 3 aromatic rings. The largest absolute Gasteiger partial charge is 0.457 e. The van der Waals surface area contributed by atoms with Gasteiger partial charge in [-0.15, -0.1) is 0 Å². The molecule has 3 nitrogen and oxygen atoms in total. The van der Waals surface area contributed by atoms with Gasteiger partial charge in [0, 0.05) is 11.6 Å². The van der Waals surface area contributed by atoms with Crippen molar-refractivity contribution < 1.29 is 9.21 Å². The lowest BCUT2D eigenvalue weighted by molar-refractivity contribution is -0.113. The van der Waals surface area contributed by atoms with E-state index >= 15 is 0 Å². The number of aryl methyl sites for hydroxylation is 2. The Bertz CT molecular complexity index is 1180. The summed E-state index contributed by atoms with van der Waals surface area (Å²) >= 11 is 18.8. The zero-order valence-corrected chi connectivity index (χ0v) is 18.7. The third-order valence-corrected chi connectivity index (χ3v) is 6.53. The van der Waals surface area contributed by atoms with Crippen molar-refractivity contribution >= 4 is 69.2 Å². The molecule has 1 aromatic heterocycles. The van der Waals surface area contributed by atoms with E-state index in [1.165, 1.54) is 11.8 Å². The number of nitrogens with zero attached hydrogens (tertiary/aromatic N) is 1. The number of amides is 1. The van der Waals surface area contributed by atoms with Crippen LogP contribution in [0.2, 0.25) is 10.0 Å². The van der Waals surface area contributed by atoms with Gasteiger partial charge in [0.25, 0.3) is 5.91 Å². The molecule has 0 N–H and O–H groups in total. The number of halogens is 2. The molecule has 1 amide bonds. The first-order valence-corrected chi connectivity index (χ1v) is 10.7. The average Bonchev–Trinajstić information content (AvgIpc) is 3.23. The van der Waals surface area contributed by atoms with E-state index < -0.39 is 0 Å². The maximum absolute atomic E-state index is 13.0. The monoisotopic (exact) mass is 459 g/mol. The first-order valence-electron chi connectivity index (χ1n) is 8.74. The maximum atomic E-state index is 13.0. The zero-order chi connectivity index (χ0) is 20.7. The Morgan fingerprint density at radius 3 is 2.55 bits per heavy atom. The van der Waals surface area contributed by atoms with Gasteiger partial charge in [-0.2, -0.15) is 0 Å². The number of furan rings is 1. The van der Waals surface area contributed by atoms with Gasteiger partial charge in [-0.05, 0) is 55.8 Å². The molecule has 1 aliphatic rings. The van der Waals surface area contributed by atoms with E-state index in [-0.39, 0.29) is 5.91 Å². The highest BCUT2D eigenvalue weighted by atomic mass is 35.5. The van der Waals surface area contributed by atoms with E-state index in [9.17, 15) is 4.79 Å². The second kappa shape index (κ2) is 8.00. The number of benzene rings is 2. The van der Waals surface area contributed by atoms with E-state index in [0.29, 0.717) is 30.8 Å². The predicted molar refractivity (Wildman–Crippen MR) is 126 cm³/mol. The summed E-state index contributed by atoms with van der Waals surface area (Å²) in [5.74, 6) is 1.05. The smallest absolute Gasteiger partial charge is 0.270 e. The topological polar surface area (TPSA) is 33.5 Å². The second-order valence-electron chi connectivity index (χ2n) is 6.64. The molecule has 146 valence electrons. The van der Waals surface area contributed by atoms with Crippen molar-refractivity contribution in [2.75, 3.05) is 4.90 Å². The third-order valence-electron chi connectivity index (χ3n) is 4.49. The molecule has 7 heteroatoms. The summed E-state index contributed by atoms with van der Waals surface area (Å²) in [5, 5.41) is 0.939. The highest BCUT2D eigenvalue weighted by Crippen LogP contribution is 2.38. The molecule has 1 fully saturated rings. The van der Waals surface area contributed by atoms with Crippen molar-refractivity contribution in [1.82, 2.24) is 0 Å². The number of rotatable bonds is 3. The fourth-order valence-electron chi connectivity index (χ4n) is 3.10. The van der Waals surface area contributed by atoms with Gasteiger partial charge < -0.3 is 4.42 Å². The SMILES string of the molecule is Cc1ccc(N2C(=O)/C(=C\c3ccc(-c4ccc(Cl)c(Cl)c4)o3)SC2=S)c(C)c1. The minimum atomic E-state index is -0.153. The molecule has 4 rings (SSSR count). The number of hydrogen-bond acceptors (Lipinski definition) is 4. The van der Waals surface area contributed by atoms with Gasteiger partial charge in [-0.3, -0.25) is 9.69 Å². The van der Waals surface area contributed by atoms with Crippen molar-refractivity contribution in [2.45, 2.75) is 13.8 Å². The van der Waals surface area contributed by atoms with Crippen LogP contribution >= 0.6 is 47.2 Å². The Labute approximate surface area is 188 Å². The minimum absolute atomic E-state index is 0.153. The van der Waals surface area contributed by atoms with Crippen molar-refractivity contribution in [3.63, 3.8) is 0 Å². The van der Waals surface area contributed by atoms with Crippen LogP contribution in [0.3, 0.4) is 0 Å². The normalized spacial score (nSPS) is 15.6. The lowest BCUT2D eigenvalue weighted by Crippen LogP contribution is -2.28. The molecule has 0 aliphatic carbocycles. The third kappa shape index (κ3) is 4.01. The fourth-order valence-corrected chi connectivity index (χ4v) is 4.66. The molecule has 1 saturated heterocycles. The Morgan fingerprint density at radius 1 is 1.03 bits per heavy atom. The summed E-state index contributed by atoms with van der Waals surface area (Å²) in [6, 6.07) is 14.9. The molecule has 0 unspecified atom stereocenters. The molecule has 2 heterocycles. The Hall–Kier alpha value is -2.05. The molecule has 2 aromatic carbocycles. The Balaban J connectivity index is 1.62. The zero-order valence-electron chi connectivity index (χ0n) is 15.5.